The third-order valence-corrected chi connectivity index (χ3v) is 3.50. The first kappa shape index (κ1) is 16.3. The Labute approximate surface area is 132 Å². The van der Waals surface area contributed by atoms with Gasteiger partial charge in [-0.2, -0.15) is 0 Å². The summed E-state index contributed by atoms with van der Waals surface area (Å²) < 4.78 is 5.85. The molecule has 2 rings (SSSR count). The van der Waals surface area contributed by atoms with Gasteiger partial charge in [0.25, 0.3) is 5.91 Å². The van der Waals surface area contributed by atoms with Gasteiger partial charge in [-0.25, -0.2) is 0 Å². The molecule has 2 aromatic rings. The number of carbonyl (C=O) groups is 1. The highest BCUT2D eigenvalue weighted by Gasteiger charge is 2.15. The van der Waals surface area contributed by atoms with E-state index in [9.17, 15) is 4.79 Å². The minimum Gasteiger partial charge on any atom is -0.480 e. The van der Waals surface area contributed by atoms with E-state index in [1.807, 2.05) is 56.6 Å². The van der Waals surface area contributed by atoms with Crippen molar-refractivity contribution in [1.29, 1.82) is 0 Å². The van der Waals surface area contributed by atoms with Crippen molar-refractivity contribution in [1.82, 2.24) is 10.2 Å². The topological polar surface area (TPSA) is 41.6 Å². The summed E-state index contributed by atoms with van der Waals surface area (Å²) >= 11 is 0. The van der Waals surface area contributed by atoms with Crippen LogP contribution in [0.25, 0.3) is 10.8 Å². The monoisotopic (exact) mass is 300 g/mol. The molecule has 0 aromatic heterocycles. The van der Waals surface area contributed by atoms with E-state index in [2.05, 4.69) is 10.2 Å². The largest absolute Gasteiger partial charge is 0.480 e. The Hall–Kier alpha value is -2.07. The zero-order valence-corrected chi connectivity index (χ0v) is 13.5. The van der Waals surface area contributed by atoms with Gasteiger partial charge in [-0.1, -0.05) is 36.4 Å². The quantitative estimate of drug-likeness (QED) is 0.799. The highest BCUT2D eigenvalue weighted by molar-refractivity contribution is 5.89. The van der Waals surface area contributed by atoms with Crippen molar-refractivity contribution < 1.29 is 9.53 Å². The lowest BCUT2D eigenvalue weighted by Crippen LogP contribution is -2.37. The number of hydrogen-bond donors (Lipinski definition) is 1. The number of nitrogens with one attached hydrogen (secondary N) is 1. The van der Waals surface area contributed by atoms with Crippen LogP contribution >= 0.6 is 0 Å². The SMILES string of the molecule is C[C@@H](Oc1cccc2ccccc12)C(=O)NCCCN(C)C. The number of nitrogens with zero attached hydrogens (tertiary/aromatic N) is 1. The van der Waals surface area contributed by atoms with Gasteiger partial charge in [0.15, 0.2) is 6.10 Å². The van der Waals surface area contributed by atoms with Gasteiger partial charge in [0, 0.05) is 11.9 Å². The first-order chi connectivity index (χ1) is 10.6. The molecular formula is C18H24N2O2. The second-order valence-electron chi connectivity index (χ2n) is 5.69. The lowest BCUT2D eigenvalue weighted by molar-refractivity contribution is -0.127. The Morgan fingerprint density at radius 2 is 1.91 bits per heavy atom. The number of hydrogen-bond acceptors (Lipinski definition) is 3. The highest BCUT2D eigenvalue weighted by atomic mass is 16.5. The van der Waals surface area contributed by atoms with E-state index >= 15 is 0 Å². The Morgan fingerprint density at radius 1 is 1.18 bits per heavy atom. The Morgan fingerprint density at radius 3 is 2.68 bits per heavy atom. The van der Waals surface area contributed by atoms with Crippen LogP contribution in [-0.2, 0) is 4.79 Å². The fraction of sp³-hybridized carbons (Fsp3) is 0.389. The van der Waals surface area contributed by atoms with Crippen LogP contribution in [0.2, 0.25) is 0 Å². The molecular weight excluding hydrogens is 276 g/mol. The standard InChI is InChI=1S/C18H24N2O2/c1-14(18(21)19-12-7-13-20(2)3)22-17-11-6-9-15-8-4-5-10-16(15)17/h4-6,8-11,14H,7,12-13H2,1-3H3,(H,19,21)/t14-/m1/s1. The van der Waals surface area contributed by atoms with Crippen LogP contribution in [0.1, 0.15) is 13.3 Å². The van der Waals surface area contributed by atoms with Crippen LogP contribution in [0, 0.1) is 0 Å². The first-order valence-corrected chi connectivity index (χ1v) is 7.65. The van der Waals surface area contributed by atoms with Crippen molar-refractivity contribution in [3.05, 3.63) is 42.5 Å². The average molecular weight is 300 g/mol. The molecule has 0 heterocycles. The van der Waals surface area contributed by atoms with E-state index in [1.54, 1.807) is 6.92 Å². The molecule has 2 aromatic carbocycles. The van der Waals surface area contributed by atoms with Gasteiger partial charge in [-0.3, -0.25) is 4.79 Å². The zero-order chi connectivity index (χ0) is 15.9. The van der Waals surface area contributed by atoms with E-state index < -0.39 is 6.10 Å². The van der Waals surface area contributed by atoms with Crippen molar-refractivity contribution >= 4 is 16.7 Å². The Balaban J connectivity index is 1.93. The lowest BCUT2D eigenvalue weighted by Gasteiger charge is -2.16. The van der Waals surface area contributed by atoms with Crippen LogP contribution in [0.5, 0.6) is 5.75 Å². The van der Waals surface area contributed by atoms with Gasteiger partial charge in [-0.15, -0.1) is 0 Å². The molecule has 0 fully saturated rings. The fourth-order valence-corrected chi connectivity index (χ4v) is 2.29. The smallest absolute Gasteiger partial charge is 0.260 e. The fourth-order valence-electron chi connectivity index (χ4n) is 2.29. The van der Waals surface area contributed by atoms with Gasteiger partial charge in [0.05, 0.1) is 0 Å². The van der Waals surface area contributed by atoms with E-state index in [-0.39, 0.29) is 5.91 Å². The predicted molar refractivity (Wildman–Crippen MR) is 90.2 cm³/mol. The number of carbonyl (C=O) groups excluding carboxylic acids is 1. The second kappa shape index (κ2) is 7.80. The van der Waals surface area contributed by atoms with Crippen molar-refractivity contribution in [2.24, 2.45) is 0 Å². The molecule has 0 aliphatic rings. The summed E-state index contributed by atoms with van der Waals surface area (Å²) in [6.45, 7) is 3.40. The van der Waals surface area contributed by atoms with Crippen LogP contribution in [0.4, 0.5) is 0 Å². The molecule has 0 saturated carbocycles. The molecule has 4 nitrogen and oxygen atoms in total. The number of ether oxygens (including phenoxy) is 1. The molecule has 22 heavy (non-hydrogen) atoms. The number of benzene rings is 2. The third kappa shape index (κ3) is 4.46. The third-order valence-electron chi connectivity index (χ3n) is 3.50. The summed E-state index contributed by atoms with van der Waals surface area (Å²) in [7, 11) is 4.04. The molecule has 0 aliphatic heterocycles. The van der Waals surface area contributed by atoms with E-state index in [0.29, 0.717) is 6.54 Å². The molecule has 0 unspecified atom stereocenters. The second-order valence-corrected chi connectivity index (χ2v) is 5.69. The molecule has 1 amide bonds. The summed E-state index contributed by atoms with van der Waals surface area (Å²) in [5.74, 6) is 0.667. The zero-order valence-electron chi connectivity index (χ0n) is 13.5. The number of amides is 1. The maximum atomic E-state index is 12.1. The van der Waals surface area contributed by atoms with Crippen molar-refractivity contribution in [3.8, 4) is 5.75 Å². The van der Waals surface area contributed by atoms with Crippen LogP contribution in [0.3, 0.4) is 0 Å². The summed E-state index contributed by atoms with van der Waals surface area (Å²) in [5.41, 5.74) is 0. The lowest BCUT2D eigenvalue weighted by atomic mass is 10.1. The molecule has 0 radical (unpaired) electrons. The van der Waals surface area contributed by atoms with E-state index in [4.69, 9.17) is 4.74 Å². The molecule has 1 N–H and O–H groups in total. The maximum Gasteiger partial charge on any atom is 0.260 e. The minimum absolute atomic E-state index is 0.0771. The summed E-state index contributed by atoms with van der Waals surface area (Å²) in [5, 5.41) is 5.05. The van der Waals surface area contributed by atoms with Gasteiger partial charge >= 0.3 is 0 Å². The predicted octanol–water partition coefficient (Wildman–Crippen LogP) is 2.68. The maximum absolute atomic E-state index is 12.1. The highest BCUT2D eigenvalue weighted by Crippen LogP contribution is 2.25. The summed E-state index contributed by atoms with van der Waals surface area (Å²) in [6.07, 6.45) is 0.421. The Bertz CT molecular complexity index is 620. The number of rotatable bonds is 7. The van der Waals surface area contributed by atoms with Crippen LogP contribution in [-0.4, -0.2) is 44.1 Å². The van der Waals surface area contributed by atoms with Crippen molar-refractivity contribution in [2.75, 3.05) is 27.2 Å². The van der Waals surface area contributed by atoms with E-state index in [0.717, 1.165) is 29.5 Å². The molecule has 0 spiro atoms. The first-order valence-electron chi connectivity index (χ1n) is 7.65. The molecule has 0 aliphatic carbocycles. The van der Waals surface area contributed by atoms with Gasteiger partial charge < -0.3 is 15.0 Å². The number of fused-ring (bicyclic) bond motifs is 1. The van der Waals surface area contributed by atoms with Gasteiger partial charge in [0.2, 0.25) is 0 Å². The van der Waals surface area contributed by atoms with Gasteiger partial charge in [-0.05, 0) is 45.4 Å². The average Bonchev–Trinajstić information content (AvgIpc) is 2.51. The Kier molecular flexibility index (Phi) is 5.78. The van der Waals surface area contributed by atoms with Crippen molar-refractivity contribution in [3.63, 3.8) is 0 Å². The van der Waals surface area contributed by atoms with Crippen LogP contribution < -0.4 is 10.1 Å². The normalized spacial score (nSPS) is 12.4. The molecule has 1 atom stereocenters. The molecule has 0 bridgehead atoms. The molecule has 118 valence electrons. The van der Waals surface area contributed by atoms with Gasteiger partial charge in [0.1, 0.15) is 5.75 Å². The molecule has 0 saturated heterocycles. The summed E-state index contributed by atoms with van der Waals surface area (Å²) in [6, 6.07) is 13.9. The molecule has 4 heteroatoms. The van der Waals surface area contributed by atoms with Crippen LogP contribution in [0.15, 0.2) is 42.5 Å². The summed E-state index contributed by atoms with van der Waals surface area (Å²) in [4.78, 5) is 14.2. The van der Waals surface area contributed by atoms with Crippen molar-refractivity contribution in [2.45, 2.75) is 19.4 Å². The van der Waals surface area contributed by atoms with E-state index in [1.165, 1.54) is 0 Å². The minimum atomic E-state index is -0.509.